The lowest BCUT2D eigenvalue weighted by Gasteiger charge is -2.19. The van der Waals surface area contributed by atoms with Crippen LogP contribution in [0.15, 0.2) is 78.9 Å². The van der Waals surface area contributed by atoms with Gasteiger partial charge in [0.2, 0.25) is 10.0 Å². The van der Waals surface area contributed by atoms with Gasteiger partial charge in [0, 0.05) is 7.05 Å². The van der Waals surface area contributed by atoms with Gasteiger partial charge in [0.05, 0.1) is 29.2 Å². The van der Waals surface area contributed by atoms with E-state index in [9.17, 15) is 18.0 Å². The maximum Gasteiger partial charge on any atom is 0.265 e. The lowest BCUT2D eigenvalue weighted by atomic mass is 10.1. The van der Waals surface area contributed by atoms with Gasteiger partial charge in [-0.1, -0.05) is 42.5 Å². The molecule has 9 heteroatoms. The third-order valence-electron chi connectivity index (χ3n) is 5.46. The first-order valence-electron chi connectivity index (χ1n) is 11.0. The normalized spacial score (nSPS) is 12.8. The fraction of sp³-hybridized carbons (Fsp3) is 0.231. The summed E-state index contributed by atoms with van der Waals surface area (Å²) in [5, 5.41) is 5.71. The molecule has 0 radical (unpaired) electrons. The molecule has 0 heterocycles. The van der Waals surface area contributed by atoms with Crippen LogP contribution in [0.5, 0.6) is 5.75 Å². The molecule has 0 aliphatic heterocycles. The number of ether oxygens (including phenoxy) is 1. The van der Waals surface area contributed by atoms with Crippen LogP contribution in [-0.4, -0.2) is 39.6 Å². The van der Waals surface area contributed by atoms with Crippen LogP contribution in [0.1, 0.15) is 35.8 Å². The van der Waals surface area contributed by atoms with Crippen LogP contribution in [0, 0.1) is 0 Å². The molecule has 0 aliphatic rings. The Kier molecular flexibility index (Phi) is 8.14. The fourth-order valence-electron chi connectivity index (χ4n) is 3.31. The standard InChI is InChI=1S/C26H29N3O5S/c1-18(20-10-6-5-7-11-20)27-26(31)23-12-8-9-13-24(23)28-25(30)19(2)34-22-16-14-21(15-17-22)29(3)35(4,32)33/h5-19H,1-4H3,(H,27,31)(H,28,30)/t18-,19+/m0/s1. The number of carbonyl (C=O) groups is 2. The molecular formula is C26H29N3O5S. The fourth-order valence-corrected chi connectivity index (χ4v) is 3.81. The van der Waals surface area contributed by atoms with E-state index in [4.69, 9.17) is 4.74 Å². The van der Waals surface area contributed by atoms with Gasteiger partial charge in [0.15, 0.2) is 6.10 Å². The van der Waals surface area contributed by atoms with E-state index in [1.807, 2.05) is 37.3 Å². The van der Waals surface area contributed by atoms with E-state index in [1.54, 1.807) is 55.5 Å². The highest BCUT2D eigenvalue weighted by molar-refractivity contribution is 7.92. The summed E-state index contributed by atoms with van der Waals surface area (Å²) in [5.41, 5.74) is 2.15. The summed E-state index contributed by atoms with van der Waals surface area (Å²) in [6, 6.07) is 22.5. The summed E-state index contributed by atoms with van der Waals surface area (Å²) in [6.07, 6.45) is 0.248. The van der Waals surface area contributed by atoms with E-state index < -0.39 is 22.0 Å². The van der Waals surface area contributed by atoms with E-state index in [0.717, 1.165) is 16.1 Å². The number of hydrogen-bond acceptors (Lipinski definition) is 5. The van der Waals surface area contributed by atoms with E-state index in [-0.39, 0.29) is 11.9 Å². The van der Waals surface area contributed by atoms with Gasteiger partial charge in [-0.2, -0.15) is 0 Å². The summed E-state index contributed by atoms with van der Waals surface area (Å²) < 4.78 is 30.2. The van der Waals surface area contributed by atoms with E-state index in [1.165, 1.54) is 7.05 Å². The molecular weight excluding hydrogens is 466 g/mol. The Morgan fingerprint density at radius 2 is 1.49 bits per heavy atom. The number of benzene rings is 3. The van der Waals surface area contributed by atoms with Crippen molar-refractivity contribution in [3.63, 3.8) is 0 Å². The van der Waals surface area contributed by atoms with E-state index in [2.05, 4.69) is 10.6 Å². The van der Waals surface area contributed by atoms with Crippen LogP contribution in [0.3, 0.4) is 0 Å². The molecule has 2 atom stereocenters. The zero-order valence-corrected chi connectivity index (χ0v) is 20.9. The van der Waals surface area contributed by atoms with Crippen molar-refractivity contribution in [1.82, 2.24) is 5.32 Å². The van der Waals surface area contributed by atoms with Crippen LogP contribution >= 0.6 is 0 Å². The first-order chi connectivity index (χ1) is 16.6. The Morgan fingerprint density at radius 3 is 2.11 bits per heavy atom. The van der Waals surface area contributed by atoms with E-state index >= 15 is 0 Å². The molecule has 0 fully saturated rings. The number of nitrogens with zero attached hydrogens (tertiary/aromatic N) is 1. The average Bonchev–Trinajstić information content (AvgIpc) is 2.84. The molecule has 0 aliphatic carbocycles. The van der Waals surface area contributed by atoms with Crippen LogP contribution in [-0.2, 0) is 14.8 Å². The Hall–Kier alpha value is -3.85. The highest BCUT2D eigenvalue weighted by Gasteiger charge is 2.20. The molecule has 3 aromatic carbocycles. The van der Waals surface area contributed by atoms with Crippen molar-refractivity contribution in [2.45, 2.75) is 26.0 Å². The van der Waals surface area contributed by atoms with E-state index in [0.29, 0.717) is 22.7 Å². The molecule has 0 saturated carbocycles. The molecule has 0 bridgehead atoms. The highest BCUT2D eigenvalue weighted by atomic mass is 32.2. The number of amides is 2. The van der Waals surface area contributed by atoms with Crippen molar-refractivity contribution in [3.8, 4) is 5.75 Å². The second kappa shape index (κ2) is 11.1. The van der Waals surface area contributed by atoms with Gasteiger partial charge >= 0.3 is 0 Å². The van der Waals surface area contributed by atoms with Gasteiger partial charge < -0.3 is 15.4 Å². The second-order valence-corrected chi connectivity index (χ2v) is 10.1. The van der Waals surface area contributed by atoms with Crippen LogP contribution in [0.25, 0.3) is 0 Å². The average molecular weight is 496 g/mol. The molecule has 2 N–H and O–H groups in total. The smallest absolute Gasteiger partial charge is 0.265 e. The molecule has 0 unspecified atom stereocenters. The van der Waals surface area contributed by atoms with Crippen molar-refractivity contribution < 1.29 is 22.7 Å². The number of para-hydroxylation sites is 1. The molecule has 0 aromatic heterocycles. The summed E-state index contributed by atoms with van der Waals surface area (Å²) in [4.78, 5) is 25.7. The molecule has 3 aromatic rings. The second-order valence-electron chi connectivity index (χ2n) is 8.13. The molecule has 0 spiro atoms. The number of rotatable bonds is 9. The Balaban J connectivity index is 1.65. The third-order valence-corrected chi connectivity index (χ3v) is 6.66. The van der Waals surface area contributed by atoms with Gasteiger partial charge in [0.25, 0.3) is 11.8 Å². The predicted octanol–water partition coefficient (Wildman–Crippen LogP) is 3.98. The van der Waals surface area contributed by atoms with Gasteiger partial charge in [-0.15, -0.1) is 0 Å². The first kappa shape index (κ1) is 25.8. The van der Waals surface area contributed by atoms with Gasteiger partial charge in [-0.3, -0.25) is 13.9 Å². The zero-order valence-electron chi connectivity index (χ0n) is 20.1. The maximum absolute atomic E-state index is 12.9. The SMILES string of the molecule is C[C@H](NC(=O)c1ccccc1NC(=O)[C@@H](C)Oc1ccc(N(C)S(C)(=O)=O)cc1)c1ccccc1. The maximum atomic E-state index is 12.9. The molecule has 0 saturated heterocycles. The monoisotopic (exact) mass is 495 g/mol. The zero-order chi connectivity index (χ0) is 25.6. The molecule has 8 nitrogen and oxygen atoms in total. The largest absolute Gasteiger partial charge is 0.481 e. The van der Waals surface area contributed by atoms with Gasteiger partial charge in [-0.25, -0.2) is 8.42 Å². The third kappa shape index (κ3) is 6.83. The van der Waals surface area contributed by atoms with Crippen molar-refractivity contribution >= 4 is 33.2 Å². The molecule has 35 heavy (non-hydrogen) atoms. The summed E-state index contributed by atoms with van der Waals surface area (Å²) in [5.74, 6) is -0.337. The van der Waals surface area contributed by atoms with Crippen molar-refractivity contribution in [2.24, 2.45) is 0 Å². The lowest BCUT2D eigenvalue weighted by molar-refractivity contribution is -0.122. The highest BCUT2D eigenvalue weighted by Crippen LogP contribution is 2.22. The number of sulfonamides is 1. The van der Waals surface area contributed by atoms with Crippen molar-refractivity contribution in [1.29, 1.82) is 0 Å². The van der Waals surface area contributed by atoms with Crippen LogP contribution in [0.4, 0.5) is 11.4 Å². The minimum absolute atomic E-state index is 0.209. The quantitative estimate of drug-likeness (QED) is 0.467. The predicted molar refractivity (Wildman–Crippen MR) is 137 cm³/mol. The minimum Gasteiger partial charge on any atom is -0.481 e. The topological polar surface area (TPSA) is 105 Å². The minimum atomic E-state index is -3.38. The lowest BCUT2D eigenvalue weighted by Crippen LogP contribution is -2.32. The Morgan fingerprint density at radius 1 is 0.886 bits per heavy atom. The number of nitrogens with one attached hydrogen (secondary N) is 2. The van der Waals surface area contributed by atoms with Crippen molar-refractivity contribution in [3.05, 3.63) is 90.0 Å². The van der Waals surface area contributed by atoms with Crippen LogP contribution in [0.2, 0.25) is 0 Å². The molecule has 3 rings (SSSR count). The number of anilines is 2. The van der Waals surface area contributed by atoms with Crippen molar-refractivity contribution in [2.75, 3.05) is 22.9 Å². The summed E-state index contributed by atoms with van der Waals surface area (Å²) >= 11 is 0. The molecule has 2 amide bonds. The first-order valence-corrected chi connectivity index (χ1v) is 12.9. The number of hydrogen-bond donors (Lipinski definition) is 2. The van der Waals surface area contributed by atoms with Gasteiger partial charge in [0.1, 0.15) is 5.75 Å². The Bertz CT molecular complexity index is 1280. The van der Waals surface area contributed by atoms with Crippen LogP contribution < -0.4 is 19.7 Å². The number of carbonyl (C=O) groups excluding carboxylic acids is 2. The Labute approximate surface area is 206 Å². The summed E-state index contributed by atoms with van der Waals surface area (Å²) in [7, 11) is -1.93. The molecule has 184 valence electrons. The van der Waals surface area contributed by atoms with Gasteiger partial charge in [-0.05, 0) is 55.8 Å². The summed E-state index contributed by atoms with van der Waals surface area (Å²) in [6.45, 7) is 3.48.